The number of para-hydroxylation sites is 1. The minimum atomic E-state index is -0.496. The number of nitrogens with one attached hydrogen (secondary N) is 2. The Balaban J connectivity index is 0.00000208. The van der Waals surface area contributed by atoms with Gasteiger partial charge in [0.15, 0.2) is 0 Å². The predicted octanol–water partition coefficient (Wildman–Crippen LogP) is 3.25. The summed E-state index contributed by atoms with van der Waals surface area (Å²) in [6.45, 7) is 0. The van der Waals surface area contributed by atoms with Gasteiger partial charge in [0.05, 0.1) is 6.04 Å². The molecular formula is C18H26ClN3OS. The van der Waals surface area contributed by atoms with Crippen LogP contribution in [0.3, 0.4) is 0 Å². The Labute approximate surface area is 153 Å². The first-order valence-electron chi connectivity index (χ1n) is 8.31. The summed E-state index contributed by atoms with van der Waals surface area (Å²) in [5.41, 5.74) is 8.35. The van der Waals surface area contributed by atoms with Crippen LogP contribution < -0.4 is 11.1 Å². The highest BCUT2D eigenvalue weighted by Gasteiger charge is 2.25. The van der Waals surface area contributed by atoms with Crippen molar-refractivity contribution in [3.8, 4) is 0 Å². The lowest BCUT2D eigenvalue weighted by molar-refractivity contribution is -0.123. The summed E-state index contributed by atoms with van der Waals surface area (Å²) >= 11 is 1.90. The second-order valence-corrected chi connectivity index (χ2v) is 7.54. The molecule has 0 bridgehead atoms. The van der Waals surface area contributed by atoms with Crippen LogP contribution in [-0.2, 0) is 11.2 Å². The Bertz CT molecular complexity index is 675. The normalized spacial score (nSPS) is 21.9. The SMILES string of the molecule is CSC1CCCC(NC(=O)[C@@H](N)Cc2c[nH]c3ccccc23)C1.Cl. The van der Waals surface area contributed by atoms with Crippen LogP contribution in [0.2, 0.25) is 0 Å². The molecule has 4 N–H and O–H groups in total. The molecule has 3 atom stereocenters. The average Bonchev–Trinajstić information content (AvgIpc) is 2.98. The lowest BCUT2D eigenvalue weighted by Gasteiger charge is -2.29. The maximum Gasteiger partial charge on any atom is 0.237 e. The average molecular weight is 368 g/mol. The van der Waals surface area contributed by atoms with Gasteiger partial charge in [-0.15, -0.1) is 12.4 Å². The van der Waals surface area contributed by atoms with Gasteiger partial charge < -0.3 is 16.0 Å². The largest absolute Gasteiger partial charge is 0.361 e. The van der Waals surface area contributed by atoms with Crippen LogP contribution in [-0.4, -0.2) is 34.5 Å². The van der Waals surface area contributed by atoms with Crippen LogP contribution >= 0.6 is 24.2 Å². The van der Waals surface area contributed by atoms with E-state index < -0.39 is 6.04 Å². The second-order valence-electron chi connectivity index (χ2n) is 6.40. The first kappa shape index (κ1) is 19.2. The number of amides is 1. The Kier molecular flexibility index (Phi) is 7.02. The van der Waals surface area contributed by atoms with Gasteiger partial charge in [0, 0.05) is 28.4 Å². The Morgan fingerprint density at radius 2 is 2.21 bits per heavy atom. The van der Waals surface area contributed by atoms with Gasteiger partial charge in [0.25, 0.3) is 0 Å². The van der Waals surface area contributed by atoms with E-state index in [-0.39, 0.29) is 24.4 Å². The van der Waals surface area contributed by atoms with E-state index in [4.69, 9.17) is 5.73 Å². The minimum absolute atomic E-state index is 0. The maximum atomic E-state index is 12.4. The number of fused-ring (bicyclic) bond motifs is 1. The Morgan fingerprint density at radius 1 is 1.42 bits per heavy atom. The number of H-pyrrole nitrogens is 1. The third-order valence-corrected chi connectivity index (χ3v) is 5.85. The minimum Gasteiger partial charge on any atom is -0.361 e. The van der Waals surface area contributed by atoms with E-state index >= 15 is 0 Å². The monoisotopic (exact) mass is 367 g/mol. The number of hydrogen-bond donors (Lipinski definition) is 3. The van der Waals surface area contributed by atoms with Gasteiger partial charge in [-0.3, -0.25) is 4.79 Å². The maximum absolute atomic E-state index is 12.4. The molecule has 0 aliphatic heterocycles. The van der Waals surface area contributed by atoms with Crippen molar-refractivity contribution in [1.29, 1.82) is 0 Å². The molecular weight excluding hydrogens is 342 g/mol. The fraction of sp³-hybridized carbons (Fsp3) is 0.500. The summed E-state index contributed by atoms with van der Waals surface area (Å²) in [7, 11) is 0. The van der Waals surface area contributed by atoms with Gasteiger partial charge in [-0.05, 0) is 43.6 Å². The van der Waals surface area contributed by atoms with Crippen LogP contribution in [0.1, 0.15) is 31.2 Å². The summed E-state index contributed by atoms with van der Waals surface area (Å²) in [5.74, 6) is -0.0259. The fourth-order valence-corrected chi connectivity index (χ4v) is 4.26. The molecule has 0 saturated heterocycles. The lowest BCUT2D eigenvalue weighted by Crippen LogP contribution is -2.48. The number of halogens is 1. The number of aromatic nitrogens is 1. The highest BCUT2D eigenvalue weighted by molar-refractivity contribution is 7.99. The topological polar surface area (TPSA) is 70.9 Å². The van der Waals surface area contributed by atoms with Gasteiger partial charge in [-0.1, -0.05) is 24.6 Å². The highest BCUT2D eigenvalue weighted by atomic mass is 35.5. The molecule has 4 nitrogen and oxygen atoms in total. The molecule has 0 radical (unpaired) electrons. The van der Waals surface area contributed by atoms with Crippen molar-refractivity contribution >= 4 is 41.0 Å². The molecule has 132 valence electrons. The van der Waals surface area contributed by atoms with Crippen molar-refractivity contribution in [2.45, 2.75) is 49.4 Å². The number of hydrogen-bond acceptors (Lipinski definition) is 3. The predicted molar refractivity (Wildman–Crippen MR) is 105 cm³/mol. The lowest BCUT2D eigenvalue weighted by atomic mass is 9.94. The standard InChI is InChI=1S/C18H25N3OS.ClH/c1-23-14-6-4-5-13(10-14)21-18(22)16(19)9-12-11-20-17-8-3-2-7-15(12)17;/h2-3,7-8,11,13-14,16,20H,4-6,9-10,19H2,1H3,(H,21,22);1H/t13?,14?,16-;/m0./s1. The summed E-state index contributed by atoms with van der Waals surface area (Å²) in [6, 6.07) is 7.90. The van der Waals surface area contributed by atoms with Crippen molar-refractivity contribution in [3.63, 3.8) is 0 Å². The van der Waals surface area contributed by atoms with Gasteiger partial charge in [0.1, 0.15) is 0 Å². The van der Waals surface area contributed by atoms with Crippen molar-refractivity contribution in [2.75, 3.05) is 6.26 Å². The van der Waals surface area contributed by atoms with Crippen molar-refractivity contribution < 1.29 is 4.79 Å². The zero-order valence-electron chi connectivity index (χ0n) is 14.0. The molecule has 1 aliphatic carbocycles. The molecule has 1 amide bonds. The van der Waals surface area contributed by atoms with Crippen molar-refractivity contribution in [2.24, 2.45) is 5.73 Å². The molecule has 1 aliphatic rings. The molecule has 2 unspecified atom stereocenters. The molecule has 1 heterocycles. The third-order valence-electron chi connectivity index (χ3n) is 4.76. The van der Waals surface area contributed by atoms with E-state index in [1.54, 1.807) is 0 Å². The Hall–Kier alpha value is -1.17. The zero-order chi connectivity index (χ0) is 16.2. The smallest absolute Gasteiger partial charge is 0.237 e. The first-order valence-corrected chi connectivity index (χ1v) is 9.60. The van der Waals surface area contributed by atoms with Gasteiger partial charge in [-0.25, -0.2) is 0 Å². The van der Waals surface area contributed by atoms with Gasteiger partial charge in [0.2, 0.25) is 5.91 Å². The van der Waals surface area contributed by atoms with Crippen LogP contribution in [0.5, 0.6) is 0 Å². The quantitative estimate of drug-likeness (QED) is 0.759. The first-order chi connectivity index (χ1) is 11.2. The van der Waals surface area contributed by atoms with Crippen molar-refractivity contribution in [3.05, 3.63) is 36.0 Å². The van der Waals surface area contributed by atoms with Crippen molar-refractivity contribution in [1.82, 2.24) is 10.3 Å². The van der Waals surface area contributed by atoms with Crippen LogP contribution in [0, 0.1) is 0 Å². The number of carbonyl (C=O) groups excluding carboxylic acids is 1. The molecule has 0 spiro atoms. The summed E-state index contributed by atoms with van der Waals surface area (Å²) in [4.78, 5) is 15.7. The molecule has 1 fully saturated rings. The number of aromatic amines is 1. The highest BCUT2D eigenvalue weighted by Crippen LogP contribution is 2.27. The molecule has 1 aromatic heterocycles. The van der Waals surface area contributed by atoms with E-state index in [0.717, 1.165) is 29.3 Å². The molecule has 2 aromatic rings. The second kappa shape index (κ2) is 8.79. The van der Waals surface area contributed by atoms with Crippen LogP contribution in [0.15, 0.2) is 30.5 Å². The van der Waals surface area contributed by atoms with E-state index in [9.17, 15) is 4.79 Å². The van der Waals surface area contributed by atoms with Crippen LogP contribution in [0.4, 0.5) is 0 Å². The van der Waals surface area contributed by atoms with E-state index in [2.05, 4.69) is 22.6 Å². The van der Waals surface area contributed by atoms with Gasteiger partial charge in [-0.2, -0.15) is 11.8 Å². The number of nitrogens with two attached hydrogens (primary N) is 1. The number of carbonyl (C=O) groups is 1. The van der Waals surface area contributed by atoms with E-state index in [1.807, 2.05) is 36.2 Å². The number of thioether (sulfide) groups is 1. The molecule has 24 heavy (non-hydrogen) atoms. The van der Waals surface area contributed by atoms with E-state index in [1.165, 1.54) is 12.8 Å². The molecule has 1 saturated carbocycles. The molecule has 1 aromatic carbocycles. The number of benzene rings is 1. The zero-order valence-corrected chi connectivity index (χ0v) is 15.6. The van der Waals surface area contributed by atoms with Gasteiger partial charge >= 0.3 is 0 Å². The summed E-state index contributed by atoms with van der Waals surface area (Å²) in [6.07, 6.45) is 9.26. The molecule has 6 heteroatoms. The summed E-state index contributed by atoms with van der Waals surface area (Å²) < 4.78 is 0. The number of rotatable bonds is 5. The van der Waals surface area contributed by atoms with E-state index in [0.29, 0.717) is 11.7 Å². The fourth-order valence-electron chi connectivity index (χ4n) is 3.43. The molecule has 3 rings (SSSR count). The summed E-state index contributed by atoms with van der Waals surface area (Å²) in [5, 5.41) is 4.97. The third kappa shape index (κ3) is 4.47. The van der Waals surface area contributed by atoms with Crippen LogP contribution in [0.25, 0.3) is 10.9 Å². The Morgan fingerprint density at radius 3 is 3.00 bits per heavy atom.